The maximum Gasteiger partial charge on any atom is 0.346 e. The second-order valence-corrected chi connectivity index (χ2v) is 7.41. The van der Waals surface area contributed by atoms with Crippen LogP contribution in [0.2, 0.25) is 0 Å². The maximum absolute atomic E-state index is 13.1. The Balaban J connectivity index is 1.43. The standard InChI is InChI=1S/C23H22N6O3/c1-31-20-9-7-16(17-8-10-21-26-22(24)27-28(21)14-17)13-18(20)25-23(30)29-19(11-12-32-29)15-5-3-2-4-6-15/h2-10,13-14,19H,11-12H2,1H3,(H2,24,27)(H,25,30)/t19-/m0/s1. The van der Waals surface area contributed by atoms with Crippen LogP contribution in [0, 0.1) is 0 Å². The number of carbonyl (C=O) groups is 1. The van der Waals surface area contributed by atoms with Gasteiger partial charge in [0.25, 0.3) is 0 Å². The third-order valence-electron chi connectivity index (χ3n) is 5.41. The van der Waals surface area contributed by atoms with Gasteiger partial charge in [0.1, 0.15) is 5.75 Å². The number of nitrogens with one attached hydrogen (secondary N) is 1. The Labute approximate surface area is 184 Å². The van der Waals surface area contributed by atoms with E-state index in [1.54, 1.807) is 11.6 Å². The molecule has 1 atom stereocenters. The van der Waals surface area contributed by atoms with Crippen LogP contribution in [0.4, 0.5) is 16.4 Å². The van der Waals surface area contributed by atoms with Crippen LogP contribution in [0.5, 0.6) is 5.75 Å². The normalized spacial score (nSPS) is 15.8. The van der Waals surface area contributed by atoms with E-state index in [1.807, 2.05) is 66.9 Å². The Kier molecular flexibility index (Phi) is 5.08. The van der Waals surface area contributed by atoms with E-state index in [1.165, 1.54) is 5.06 Å². The summed E-state index contributed by atoms with van der Waals surface area (Å²) in [4.78, 5) is 22.9. The number of urea groups is 1. The number of rotatable bonds is 4. The molecule has 2 amide bonds. The number of carbonyl (C=O) groups excluding carboxylic acids is 1. The molecule has 9 heteroatoms. The number of benzene rings is 2. The molecular formula is C23H22N6O3. The molecule has 0 unspecified atom stereocenters. The van der Waals surface area contributed by atoms with Gasteiger partial charge in [-0.25, -0.2) is 9.31 Å². The van der Waals surface area contributed by atoms with Crippen molar-refractivity contribution >= 4 is 23.3 Å². The van der Waals surface area contributed by atoms with Gasteiger partial charge in [-0.2, -0.15) is 10.0 Å². The summed E-state index contributed by atoms with van der Waals surface area (Å²) in [5, 5.41) is 8.49. The first-order valence-corrected chi connectivity index (χ1v) is 10.2. The summed E-state index contributed by atoms with van der Waals surface area (Å²) in [5.41, 5.74) is 9.67. The first-order valence-electron chi connectivity index (χ1n) is 10.2. The highest BCUT2D eigenvalue weighted by Gasteiger charge is 2.32. The van der Waals surface area contributed by atoms with Crippen molar-refractivity contribution in [2.24, 2.45) is 0 Å². The molecule has 1 aliphatic rings. The molecule has 4 aromatic rings. The van der Waals surface area contributed by atoms with Gasteiger partial charge in [-0.15, -0.1) is 5.10 Å². The van der Waals surface area contributed by atoms with Gasteiger partial charge >= 0.3 is 6.03 Å². The molecule has 32 heavy (non-hydrogen) atoms. The molecule has 0 spiro atoms. The summed E-state index contributed by atoms with van der Waals surface area (Å²) >= 11 is 0. The monoisotopic (exact) mass is 430 g/mol. The number of aromatic nitrogens is 3. The van der Waals surface area contributed by atoms with Crippen molar-refractivity contribution in [1.82, 2.24) is 19.7 Å². The minimum absolute atomic E-state index is 0.148. The topological polar surface area (TPSA) is 107 Å². The van der Waals surface area contributed by atoms with E-state index in [4.69, 9.17) is 15.3 Å². The summed E-state index contributed by atoms with van der Waals surface area (Å²) < 4.78 is 7.09. The Hall–Kier alpha value is -4.11. The Morgan fingerprint density at radius 1 is 1.16 bits per heavy atom. The number of nitrogen functional groups attached to an aromatic ring is 1. The molecule has 3 heterocycles. The molecule has 1 fully saturated rings. The zero-order valence-corrected chi connectivity index (χ0v) is 17.4. The van der Waals surface area contributed by atoms with Crippen molar-refractivity contribution in [3.63, 3.8) is 0 Å². The van der Waals surface area contributed by atoms with Crippen molar-refractivity contribution in [1.29, 1.82) is 0 Å². The van der Waals surface area contributed by atoms with Crippen LogP contribution in [0.3, 0.4) is 0 Å². The average molecular weight is 430 g/mol. The van der Waals surface area contributed by atoms with Gasteiger partial charge in [0.15, 0.2) is 5.65 Å². The molecule has 2 aromatic carbocycles. The third kappa shape index (κ3) is 3.69. The van der Waals surface area contributed by atoms with Crippen molar-refractivity contribution in [2.75, 3.05) is 24.8 Å². The smallest absolute Gasteiger partial charge is 0.346 e. The van der Waals surface area contributed by atoms with Crippen molar-refractivity contribution in [3.8, 4) is 16.9 Å². The van der Waals surface area contributed by atoms with Crippen LogP contribution in [-0.2, 0) is 4.84 Å². The quantitative estimate of drug-likeness (QED) is 0.509. The predicted octanol–water partition coefficient (Wildman–Crippen LogP) is 3.90. The maximum atomic E-state index is 13.1. The lowest BCUT2D eigenvalue weighted by Crippen LogP contribution is -2.33. The zero-order chi connectivity index (χ0) is 22.1. The number of hydrogen-bond donors (Lipinski definition) is 2. The lowest BCUT2D eigenvalue weighted by Gasteiger charge is -2.23. The summed E-state index contributed by atoms with van der Waals surface area (Å²) in [6, 6.07) is 18.7. The number of ether oxygens (including phenoxy) is 1. The van der Waals surface area contributed by atoms with Crippen LogP contribution in [0.15, 0.2) is 66.9 Å². The van der Waals surface area contributed by atoms with Crippen molar-refractivity contribution in [2.45, 2.75) is 12.5 Å². The van der Waals surface area contributed by atoms with Gasteiger partial charge in [-0.05, 0) is 35.4 Å². The second-order valence-electron chi connectivity index (χ2n) is 7.41. The van der Waals surface area contributed by atoms with Crippen molar-refractivity contribution in [3.05, 3.63) is 72.4 Å². The van der Waals surface area contributed by atoms with Crippen molar-refractivity contribution < 1.29 is 14.4 Å². The SMILES string of the molecule is COc1ccc(-c2ccc3nc(N)nn3c2)cc1NC(=O)N1OCC[C@H]1c1ccccc1. The lowest BCUT2D eigenvalue weighted by molar-refractivity contribution is -0.0829. The fourth-order valence-corrected chi connectivity index (χ4v) is 3.87. The fourth-order valence-electron chi connectivity index (χ4n) is 3.87. The summed E-state index contributed by atoms with van der Waals surface area (Å²) in [6.45, 7) is 0.477. The van der Waals surface area contributed by atoms with Crippen LogP contribution in [0.25, 0.3) is 16.8 Å². The van der Waals surface area contributed by atoms with Crippen LogP contribution in [0.1, 0.15) is 18.0 Å². The number of hydrogen-bond acceptors (Lipinski definition) is 6. The molecule has 1 saturated heterocycles. The summed E-state index contributed by atoms with van der Waals surface area (Å²) in [6.07, 6.45) is 2.57. The van der Waals surface area contributed by atoms with E-state index in [0.717, 1.165) is 23.1 Å². The Bertz CT molecular complexity index is 1270. The number of pyridine rings is 1. The number of amides is 2. The zero-order valence-electron chi connectivity index (χ0n) is 17.4. The molecular weight excluding hydrogens is 408 g/mol. The molecule has 3 N–H and O–H groups in total. The van der Waals surface area contributed by atoms with Gasteiger partial charge < -0.3 is 15.8 Å². The highest BCUT2D eigenvalue weighted by atomic mass is 16.7. The highest BCUT2D eigenvalue weighted by molar-refractivity contribution is 5.92. The summed E-state index contributed by atoms with van der Waals surface area (Å²) in [5.74, 6) is 0.757. The third-order valence-corrected chi connectivity index (χ3v) is 5.41. The van der Waals surface area contributed by atoms with E-state index in [0.29, 0.717) is 23.7 Å². The predicted molar refractivity (Wildman–Crippen MR) is 120 cm³/mol. The molecule has 2 aromatic heterocycles. The first kappa shape index (κ1) is 19.8. The van der Waals surface area contributed by atoms with Crippen LogP contribution in [-0.4, -0.2) is 39.4 Å². The van der Waals surface area contributed by atoms with Gasteiger partial charge in [-0.3, -0.25) is 4.84 Å². The number of nitrogens with two attached hydrogens (primary N) is 1. The highest BCUT2D eigenvalue weighted by Crippen LogP contribution is 2.34. The van der Waals surface area contributed by atoms with E-state index < -0.39 is 0 Å². The molecule has 0 saturated carbocycles. The minimum atomic E-state index is -0.355. The van der Waals surface area contributed by atoms with E-state index in [9.17, 15) is 4.79 Å². The average Bonchev–Trinajstić information content (AvgIpc) is 3.45. The van der Waals surface area contributed by atoms with Gasteiger partial charge in [0, 0.05) is 18.2 Å². The minimum Gasteiger partial charge on any atom is -0.495 e. The number of anilines is 2. The summed E-state index contributed by atoms with van der Waals surface area (Å²) in [7, 11) is 1.56. The molecule has 1 aliphatic heterocycles. The lowest BCUT2D eigenvalue weighted by atomic mass is 10.0. The first-order chi connectivity index (χ1) is 15.6. The Morgan fingerprint density at radius 3 is 2.78 bits per heavy atom. The Morgan fingerprint density at radius 2 is 1.97 bits per heavy atom. The molecule has 162 valence electrons. The van der Waals surface area contributed by atoms with E-state index in [2.05, 4.69) is 15.4 Å². The van der Waals surface area contributed by atoms with Gasteiger partial charge in [-0.1, -0.05) is 36.4 Å². The second kappa shape index (κ2) is 8.20. The molecule has 0 bridgehead atoms. The molecule has 0 radical (unpaired) electrons. The van der Waals surface area contributed by atoms with Gasteiger partial charge in [0.2, 0.25) is 5.95 Å². The molecule has 9 nitrogen and oxygen atoms in total. The number of nitrogens with zero attached hydrogens (tertiary/aromatic N) is 4. The van der Waals surface area contributed by atoms with Crippen LogP contribution >= 0.6 is 0 Å². The number of fused-ring (bicyclic) bond motifs is 1. The molecule has 0 aliphatic carbocycles. The number of methoxy groups -OCH3 is 1. The van der Waals surface area contributed by atoms with E-state index in [-0.39, 0.29) is 18.0 Å². The largest absolute Gasteiger partial charge is 0.495 e. The number of hydroxylamine groups is 2. The van der Waals surface area contributed by atoms with E-state index >= 15 is 0 Å². The van der Waals surface area contributed by atoms with Gasteiger partial charge in [0.05, 0.1) is 25.4 Å². The molecule has 5 rings (SSSR count). The fraction of sp³-hybridized carbons (Fsp3) is 0.174. The van der Waals surface area contributed by atoms with Crippen LogP contribution < -0.4 is 15.8 Å².